The van der Waals surface area contributed by atoms with Gasteiger partial charge in [-0.3, -0.25) is 4.90 Å². The summed E-state index contributed by atoms with van der Waals surface area (Å²) < 4.78 is 0. The number of likely N-dealkylation sites (tertiary alicyclic amines) is 1. The van der Waals surface area contributed by atoms with Gasteiger partial charge in [-0.15, -0.1) is 0 Å². The highest BCUT2D eigenvalue weighted by Gasteiger charge is 2.26. The van der Waals surface area contributed by atoms with E-state index < -0.39 is 0 Å². The van der Waals surface area contributed by atoms with E-state index >= 15 is 0 Å². The smallest absolute Gasteiger partial charge is 0.0220 e. The van der Waals surface area contributed by atoms with Gasteiger partial charge in [-0.05, 0) is 44.2 Å². The summed E-state index contributed by atoms with van der Waals surface area (Å²) in [6, 6.07) is 1.35. The van der Waals surface area contributed by atoms with E-state index in [1.807, 2.05) is 0 Å². The van der Waals surface area contributed by atoms with Gasteiger partial charge in [-0.25, -0.2) is 0 Å². The Labute approximate surface area is 115 Å². The molecule has 0 radical (unpaired) electrons. The molecule has 18 heavy (non-hydrogen) atoms. The Morgan fingerprint density at radius 3 is 2.50 bits per heavy atom. The van der Waals surface area contributed by atoms with E-state index in [2.05, 4.69) is 44.8 Å². The van der Waals surface area contributed by atoms with Gasteiger partial charge in [0.2, 0.25) is 0 Å². The summed E-state index contributed by atoms with van der Waals surface area (Å²) in [5, 5.41) is 3.63. The minimum Gasteiger partial charge on any atom is -0.313 e. The van der Waals surface area contributed by atoms with Gasteiger partial charge in [0.25, 0.3) is 0 Å². The molecule has 1 N–H and O–H groups in total. The molecule has 1 atom stereocenters. The summed E-state index contributed by atoms with van der Waals surface area (Å²) in [6.07, 6.45) is 6.74. The van der Waals surface area contributed by atoms with Crippen LogP contribution in [0.1, 0.15) is 66.7 Å². The van der Waals surface area contributed by atoms with Crippen LogP contribution in [-0.4, -0.2) is 36.6 Å². The zero-order chi connectivity index (χ0) is 13.6. The number of hydrogen-bond donors (Lipinski definition) is 1. The summed E-state index contributed by atoms with van der Waals surface area (Å²) in [4.78, 5) is 2.74. The Balaban J connectivity index is 2.50. The first-order chi connectivity index (χ1) is 8.44. The van der Waals surface area contributed by atoms with Gasteiger partial charge in [0.05, 0.1) is 0 Å². The summed E-state index contributed by atoms with van der Waals surface area (Å²) in [5.41, 5.74) is 0.553. The van der Waals surface area contributed by atoms with Crippen LogP contribution in [0, 0.1) is 5.41 Å². The fourth-order valence-corrected chi connectivity index (χ4v) is 2.93. The molecular formula is C16H34N2. The summed E-state index contributed by atoms with van der Waals surface area (Å²) in [5.74, 6) is 0. The Hall–Kier alpha value is -0.0800. The predicted octanol–water partition coefficient (Wildman–Crippen LogP) is 3.67. The van der Waals surface area contributed by atoms with E-state index in [-0.39, 0.29) is 0 Å². The molecule has 1 fully saturated rings. The second-order valence-corrected chi connectivity index (χ2v) is 7.06. The van der Waals surface area contributed by atoms with E-state index in [1.165, 1.54) is 45.2 Å². The van der Waals surface area contributed by atoms with Gasteiger partial charge in [0.15, 0.2) is 0 Å². The lowest BCUT2D eigenvalue weighted by Crippen LogP contribution is -2.44. The second-order valence-electron chi connectivity index (χ2n) is 7.06. The zero-order valence-electron chi connectivity index (χ0n) is 13.3. The van der Waals surface area contributed by atoms with E-state index in [9.17, 15) is 0 Å². The molecule has 2 nitrogen and oxygen atoms in total. The molecule has 0 aromatic carbocycles. The van der Waals surface area contributed by atoms with Crippen LogP contribution >= 0.6 is 0 Å². The topological polar surface area (TPSA) is 15.3 Å². The molecule has 1 aliphatic rings. The molecule has 2 heteroatoms. The lowest BCUT2D eigenvalue weighted by Gasteiger charge is -2.32. The van der Waals surface area contributed by atoms with E-state index in [1.54, 1.807) is 0 Å². The lowest BCUT2D eigenvalue weighted by atomic mass is 9.85. The molecule has 0 aromatic heterocycles. The summed E-state index contributed by atoms with van der Waals surface area (Å²) >= 11 is 0. The molecular weight excluding hydrogens is 220 g/mol. The van der Waals surface area contributed by atoms with Gasteiger partial charge in [0.1, 0.15) is 0 Å². The first kappa shape index (κ1) is 16.0. The van der Waals surface area contributed by atoms with Crippen LogP contribution in [-0.2, 0) is 0 Å². The number of rotatable bonds is 6. The standard InChI is InChI=1S/C16H34N2/c1-6-8-15(13-17-14(2)3)18-11-7-9-16(4,5)10-12-18/h14-15,17H,6-13H2,1-5H3. The average Bonchev–Trinajstić information content (AvgIpc) is 2.45. The minimum atomic E-state index is 0.553. The van der Waals surface area contributed by atoms with Crippen LogP contribution < -0.4 is 5.32 Å². The van der Waals surface area contributed by atoms with Gasteiger partial charge < -0.3 is 5.32 Å². The first-order valence-electron chi connectivity index (χ1n) is 7.92. The Morgan fingerprint density at radius 2 is 1.89 bits per heavy atom. The van der Waals surface area contributed by atoms with E-state index in [0.717, 1.165) is 12.6 Å². The number of nitrogens with one attached hydrogen (secondary N) is 1. The van der Waals surface area contributed by atoms with Crippen molar-refractivity contribution in [3.8, 4) is 0 Å². The van der Waals surface area contributed by atoms with Crippen molar-refractivity contribution in [1.29, 1.82) is 0 Å². The minimum absolute atomic E-state index is 0.553. The molecule has 0 saturated carbocycles. The van der Waals surface area contributed by atoms with Crippen LogP contribution in [0.5, 0.6) is 0 Å². The Morgan fingerprint density at radius 1 is 1.17 bits per heavy atom. The zero-order valence-corrected chi connectivity index (χ0v) is 13.3. The van der Waals surface area contributed by atoms with Crippen molar-refractivity contribution in [3.63, 3.8) is 0 Å². The van der Waals surface area contributed by atoms with Crippen molar-refractivity contribution in [2.75, 3.05) is 19.6 Å². The molecule has 0 aliphatic carbocycles. The van der Waals surface area contributed by atoms with E-state index in [0.29, 0.717) is 11.5 Å². The first-order valence-corrected chi connectivity index (χ1v) is 7.92. The van der Waals surface area contributed by atoms with Crippen molar-refractivity contribution in [2.24, 2.45) is 5.41 Å². The Bertz CT molecular complexity index is 223. The van der Waals surface area contributed by atoms with Crippen molar-refractivity contribution in [3.05, 3.63) is 0 Å². The Kier molecular flexibility index (Phi) is 6.65. The third kappa shape index (κ3) is 5.71. The molecule has 1 heterocycles. The quantitative estimate of drug-likeness (QED) is 0.778. The van der Waals surface area contributed by atoms with Gasteiger partial charge in [-0.1, -0.05) is 41.0 Å². The fourth-order valence-electron chi connectivity index (χ4n) is 2.93. The largest absolute Gasteiger partial charge is 0.313 e. The van der Waals surface area contributed by atoms with Crippen LogP contribution in [0.25, 0.3) is 0 Å². The van der Waals surface area contributed by atoms with Crippen LogP contribution in [0.4, 0.5) is 0 Å². The molecule has 1 aliphatic heterocycles. The number of hydrogen-bond acceptors (Lipinski definition) is 2. The van der Waals surface area contributed by atoms with Crippen LogP contribution in [0.3, 0.4) is 0 Å². The van der Waals surface area contributed by atoms with Crippen LogP contribution in [0.2, 0.25) is 0 Å². The fraction of sp³-hybridized carbons (Fsp3) is 1.00. The highest BCUT2D eigenvalue weighted by atomic mass is 15.2. The maximum Gasteiger partial charge on any atom is 0.0220 e. The van der Waals surface area contributed by atoms with Gasteiger partial charge in [-0.2, -0.15) is 0 Å². The van der Waals surface area contributed by atoms with E-state index in [4.69, 9.17) is 0 Å². The molecule has 1 rings (SSSR count). The third-order valence-corrected chi connectivity index (χ3v) is 4.27. The third-order valence-electron chi connectivity index (χ3n) is 4.27. The van der Waals surface area contributed by atoms with Crippen molar-refractivity contribution >= 4 is 0 Å². The maximum atomic E-state index is 3.63. The van der Waals surface area contributed by atoms with Crippen molar-refractivity contribution < 1.29 is 0 Å². The predicted molar refractivity (Wildman–Crippen MR) is 81.0 cm³/mol. The SMILES string of the molecule is CCCC(CNC(C)C)N1CCCC(C)(C)CC1. The highest BCUT2D eigenvalue weighted by Crippen LogP contribution is 2.30. The molecule has 0 amide bonds. The number of nitrogens with zero attached hydrogens (tertiary/aromatic N) is 1. The van der Waals surface area contributed by atoms with Crippen molar-refractivity contribution in [1.82, 2.24) is 10.2 Å². The van der Waals surface area contributed by atoms with Crippen molar-refractivity contribution in [2.45, 2.75) is 78.8 Å². The van der Waals surface area contributed by atoms with Crippen LogP contribution in [0.15, 0.2) is 0 Å². The molecule has 1 saturated heterocycles. The molecule has 0 aromatic rings. The molecule has 0 spiro atoms. The summed E-state index contributed by atoms with van der Waals surface area (Å²) in [6.45, 7) is 15.4. The average molecular weight is 254 g/mol. The normalized spacial score (nSPS) is 23.0. The lowest BCUT2D eigenvalue weighted by molar-refractivity contribution is 0.178. The highest BCUT2D eigenvalue weighted by molar-refractivity contribution is 4.81. The van der Waals surface area contributed by atoms with Gasteiger partial charge in [0, 0.05) is 18.6 Å². The second kappa shape index (κ2) is 7.49. The summed E-state index contributed by atoms with van der Waals surface area (Å²) in [7, 11) is 0. The molecule has 0 bridgehead atoms. The monoisotopic (exact) mass is 254 g/mol. The maximum absolute atomic E-state index is 3.63. The molecule has 1 unspecified atom stereocenters. The molecule has 108 valence electrons. The van der Waals surface area contributed by atoms with Gasteiger partial charge >= 0.3 is 0 Å².